The van der Waals surface area contributed by atoms with Crippen LogP contribution in [0.25, 0.3) is 16.8 Å². The zero-order chi connectivity index (χ0) is 31.6. The monoisotopic (exact) mass is 632 g/mol. The Morgan fingerprint density at radius 2 is 1.91 bits per heavy atom. The Hall–Kier alpha value is -2.82. The second-order valence-electron chi connectivity index (χ2n) is 14.0. The number of benzene rings is 1. The molecule has 7 rings (SSSR count). The second kappa shape index (κ2) is 11.8. The second-order valence-corrected chi connectivity index (χ2v) is 16.3. The molecule has 4 unspecified atom stereocenters. The van der Waals surface area contributed by atoms with Crippen molar-refractivity contribution in [2.45, 2.75) is 97.3 Å². The van der Waals surface area contributed by atoms with Crippen LogP contribution in [0.2, 0.25) is 0 Å². The number of H-pyrrole nitrogens is 1. The molecule has 1 N–H and O–H groups in total. The number of aromatic amines is 1. The van der Waals surface area contributed by atoms with Crippen molar-refractivity contribution < 1.29 is 0 Å². The van der Waals surface area contributed by atoms with Crippen molar-refractivity contribution in [3.8, 4) is 11.3 Å². The van der Waals surface area contributed by atoms with Crippen LogP contribution < -0.4 is 0 Å². The van der Waals surface area contributed by atoms with Gasteiger partial charge in [0.25, 0.3) is 0 Å². The van der Waals surface area contributed by atoms with Crippen LogP contribution >= 0.6 is 23.7 Å². The molecule has 5 aliphatic rings. The zero-order valence-electron chi connectivity index (χ0n) is 28.1. The third-order valence-electron chi connectivity index (χ3n) is 10.9. The summed E-state index contributed by atoms with van der Waals surface area (Å²) in [5.74, 6) is 1.16. The lowest BCUT2D eigenvalue weighted by molar-refractivity contribution is 0.230. The van der Waals surface area contributed by atoms with Crippen LogP contribution in [-0.4, -0.2) is 20.6 Å². The van der Waals surface area contributed by atoms with E-state index in [4.69, 9.17) is 0 Å². The lowest BCUT2D eigenvalue weighted by Crippen LogP contribution is -2.49. The van der Waals surface area contributed by atoms with E-state index in [2.05, 4.69) is 137 Å². The number of fused-ring (bicyclic) bond motifs is 8. The summed E-state index contributed by atoms with van der Waals surface area (Å²) in [4.78, 5) is 6.91. The van der Waals surface area contributed by atoms with Gasteiger partial charge in [0.15, 0.2) is 0 Å². The fourth-order valence-corrected chi connectivity index (χ4v) is 11.8. The minimum atomic E-state index is 0.0303. The number of thioether (sulfide) groups is 1. The Bertz CT molecular complexity index is 1750. The van der Waals surface area contributed by atoms with E-state index in [1.54, 1.807) is 16.7 Å². The predicted molar refractivity (Wildman–Crippen MR) is 198 cm³/mol. The highest BCUT2D eigenvalue weighted by Gasteiger charge is 2.49. The van der Waals surface area contributed by atoms with Crippen molar-refractivity contribution in [2.24, 2.45) is 11.8 Å². The molecule has 1 saturated carbocycles. The van der Waals surface area contributed by atoms with E-state index < -0.39 is 0 Å². The van der Waals surface area contributed by atoms with Gasteiger partial charge in [-0.15, -0.1) is 11.8 Å². The van der Waals surface area contributed by atoms with Crippen LogP contribution in [0, 0.1) is 11.8 Å². The average molecular weight is 633 g/mol. The molecular formula is C41H48N2S2. The smallest absolute Gasteiger partial charge is 0.0646 e. The number of nitrogens with one attached hydrogen (secondary N) is 1. The molecule has 3 heterocycles. The highest BCUT2D eigenvalue weighted by atomic mass is 32.2. The van der Waals surface area contributed by atoms with E-state index in [-0.39, 0.29) is 5.41 Å². The number of rotatable bonds is 4. The maximum absolute atomic E-state index is 4.66. The van der Waals surface area contributed by atoms with Gasteiger partial charge in [-0.3, -0.25) is 0 Å². The van der Waals surface area contributed by atoms with E-state index in [1.807, 2.05) is 11.9 Å². The molecule has 3 aliphatic carbocycles. The number of hydrogen-bond donors (Lipinski definition) is 1. The van der Waals surface area contributed by atoms with Gasteiger partial charge in [-0.25, -0.2) is 0 Å². The normalized spacial score (nSPS) is 28.3. The molecule has 234 valence electrons. The van der Waals surface area contributed by atoms with Crippen molar-refractivity contribution in [3.63, 3.8) is 0 Å². The van der Waals surface area contributed by atoms with Gasteiger partial charge in [0, 0.05) is 43.2 Å². The molecule has 1 aromatic carbocycles. The Kier molecular flexibility index (Phi) is 8.05. The maximum Gasteiger partial charge on any atom is 0.0646 e. The summed E-state index contributed by atoms with van der Waals surface area (Å²) in [7, 11) is 0. The highest BCUT2D eigenvalue weighted by molar-refractivity contribution is 8.04. The topological polar surface area (TPSA) is 19.0 Å². The summed E-state index contributed by atoms with van der Waals surface area (Å²) in [6.45, 7) is 20.9. The molecule has 4 heteroatoms. The molecular weight excluding hydrogens is 585 g/mol. The minimum Gasteiger partial charge on any atom is -0.354 e. The summed E-state index contributed by atoms with van der Waals surface area (Å²) < 4.78 is 2.74. The Morgan fingerprint density at radius 1 is 1.11 bits per heavy atom. The molecule has 0 amide bonds. The largest absolute Gasteiger partial charge is 0.354 e. The molecule has 0 bridgehead atoms. The van der Waals surface area contributed by atoms with Crippen LogP contribution in [-0.2, 0) is 11.8 Å². The number of allylic oxidation sites excluding steroid dienone is 10. The van der Waals surface area contributed by atoms with E-state index in [1.165, 1.54) is 62.0 Å². The fourth-order valence-electron chi connectivity index (χ4n) is 8.82. The van der Waals surface area contributed by atoms with Gasteiger partial charge in [0.05, 0.1) is 17.4 Å². The van der Waals surface area contributed by atoms with E-state index >= 15 is 0 Å². The summed E-state index contributed by atoms with van der Waals surface area (Å²) in [6.07, 6.45) is 19.4. The maximum atomic E-state index is 4.66. The third-order valence-corrected chi connectivity index (χ3v) is 13.9. The van der Waals surface area contributed by atoms with Gasteiger partial charge in [-0.1, -0.05) is 88.9 Å². The molecule has 2 aliphatic heterocycles. The van der Waals surface area contributed by atoms with Gasteiger partial charge >= 0.3 is 0 Å². The first kappa shape index (κ1) is 30.8. The van der Waals surface area contributed by atoms with Crippen LogP contribution in [0.15, 0.2) is 99.5 Å². The predicted octanol–water partition coefficient (Wildman–Crippen LogP) is 11.7. The highest BCUT2D eigenvalue weighted by Crippen LogP contribution is 2.59. The van der Waals surface area contributed by atoms with Crippen LogP contribution in [0.3, 0.4) is 0 Å². The molecule has 0 radical (unpaired) electrons. The standard InChI is InChI=1S/C41H48N2S2/c1-9-12-13-21-35-26(6)25(5)27(10-2)39-34(11-3)44-40-31(22-24(4)23-33(40)43(39)45-35)28-18-16-19-30-36-38(42-37(28)30)29-17-14-15-20-32(29)41(36,7)8/h9-10,12-15,17-18,20-21,24,31,33,40,42H,5,11,16,19,22-23H2,1-4,6-8H3/b12-9-,21-13-,27-10-. The van der Waals surface area contributed by atoms with E-state index in [9.17, 15) is 0 Å². The van der Waals surface area contributed by atoms with Gasteiger partial charge in [-0.2, -0.15) is 0 Å². The molecule has 45 heavy (non-hydrogen) atoms. The fraction of sp³-hybridized carbons (Fsp3) is 0.415. The first-order valence-corrected chi connectivity index (χ1v) is 18.7. The Morgan fingerprint density at radius 3 is 2.67 bits per heavy atom. The SMILES string of the molecule is C=C1C(C)=C(/C=C\C=C/C)SN2C(=C(CC)SC3C(C4=CCCc5c4[nH]c4c5C(C)(C)c5ccccc5-4)CC(C)CC32)/C1=C\C. The van der Waals surface area contributed by atoms with Gasteiger partial charge < -0.3 is 9.29 Å². The summed E-state index contributed by atoms with van der Waals surface area (Å²) in [5.41, 5.74) is 15.6. The summed E-state index contributed by atoms with van der Waals surface area (Å²) in [6, 6.07) is 9.51. The van der Waals surface area contributed by atoms with Crippen molar-refractivity contribution in [1.82, 2.24) is 9.29 Å². The summed E-state index contributed by atoms with van der Waals surface area (Å²) >= 11 is 4.16. The molecule has 2 nitrogen and oxygen atoms in total. The van der Waals surface area contributed by atoms with Gasteiger partial charge in [-0.05, 0) is 110 Å². The molecule has 0 spiro atoms. The lowest BCUT2D eigenvalue weighted by Gasteiger charge is -2.51. The molecule has 0 saturated heterocycles. The van der Waals surface area contributed by atoms with Crippen LogP contribution in [0.5, 0.6) is 0 Å². The molecule has 4 atom stereocenters. The first-order valence-electron chi connectivity index (χ1n) is 17.0. The summed E-state index contributed by atoms with van der Waals surface area (Å²) in [5, 5.41) is 0.508. The number of nitrogens with zero attached hydrogens (tertiary/aromatic N) is 1. The lowest BCUT2D eigenvalue weighted by atomic mass is 9.71. The van der Waals surface area contributed by atoms with E-state index in [0.717, 1.165) is 24.8 Å². The zero-order valence-corrected chi connectivity index (χ0v) is 29.7. The van der Waals surface area contributed by atoms with Crippen LogP contribution in [0.1, 0.15) is 96.5 Å². The van der Waals surface area contributed by atoms with Crippen molar-refractivity contribution in [2.75, 3.05) is 0 Å². The third kappa shape index (κ3) is 4.76. The number of hydrogen-bond acceptors (Lipinski definition) is 3. The van der Waals surface area contributed by atoms with Crippen molar-refractivity contribution >= 4 is 29.3 Å². The van der Waals surface area contributed by atoms with E-state index in [0.29, 0.717) is 23.1 Å². The quantitative estimate of drug-likeness (QED) is 0.267. The first-order chi connectivity index (χ1) is 21.7. The van der Waals surface area contributed by atoms with Crippen molar-refractivity contribution in [3.05, 3.63) is 122 Å². The average Bonchev–Trinajstić information content (AvgIpc) is 3.51. The number of aromatic nitrogens is 1. The molecule has 2 aromatic rings. The molecule has 1 fully saturated rings. The minimum absolute atomic E-state index is 0.0303. The van der Waals surface area contributed by atoms with Crippen LogP contribution in [0.4, 0.5) is 0 Å². The Labute approximate surface area is 279 Å². The van der Waals surface area contributed by atoms with Crippen molar-refractivity contribution in [1.29, 1.82) is 0 Å². The Balaban J connectivity index is 1.33. The molecule has 1 aromatic heterocycles. The van der Waals surface area contributed by atoms with Gasteiger partial charge in [0.2, 0.25) is 0 Å². The van der Waals surface area contributed by atoms with Gasteiger partial charge in [0.1, 0.15) is 0 Å².